The Morgan fingerprint density at radius 2 is 1.94 bits per heavy atom. The standard InChI is InChI=1S/C11H22N2O3/c1-5-7(2)10(11(15)16-4)13-9(14)6-8(3)12/h7-8,10H,5-6,12H2,1-4H3,(H,13,14). The second-order valence-electron chi connectivity index (χ2n) is 4.14. The fourth-order valence-corrected chi connectivity index (χ4v) is 1.32. The molecule has 3 atom stereocenters. The van der Waals surface area contributed by atoms with Gasteiger partial charge in [-0.3, -0.25) is 4.79 Å². The molecule has 3 unspecified atom stereocenters. The van der Waals surface area contributed by atoms with Gasteiger partial charge in [-0.1, -0.05) is 20.3 Å². The number of hydrogen-bond acceptors (Lipinski definition) is 4. The summed E-state index contributed by atoms with van der Waals surface area (Å²) in [6.07, 6.45) is 1.00. The Morgan fingerprint density at radius 1 is 1.38 bits per heavy atom. The smallest absolute Gasteiger partial charge is 0.328 e. The van der Waals surface area contributed by atoms with Crippen molar-refractivity contribution >= 4 is 11.9 Å². The van der Waals surface area contributed by atoms with E-state index in [1.54, 1.807) is 6.92 Å². The van der Waals surface area contributed by atoms with Gasteiger partial charge in [0.05, 0.1) is 7.11 Å². The lowest BCUT2D eigenvalue weighted by Gasteiger charge is -2.22. The molecule has 0 aliphatic rings. The molecular formula is C11H22N2O3. The third-order valence-corrected chi connectivity index (χ3v) is 2.49. The summed E-state index contributed by atoms with van der Waals surface area (Å²) in [5, 5.41) is 2.66. The topological polar surface area (TPSA) is 81.4 Å². The van der Waals surface area contributed by atoms with Crippen LogP contribution in [0.2, 0.25) is 0 Å². The molecule has 0 bridgehead atoms. The van der Waals surface area contributed by atoms with Crippen molar-refractivity contribution in [3.63, 3.8) is 0 Å². The molecule has 0 aromatic rings. The highest BCUT2D eigenvalue weighted by atomic mass is 16.5. The quantitative estimate of drug-likeness (QED) is 0.648. The summed E-state index contributed by atoms with van der Waals surface area (Å²) in [7, 11) is 1.31. The van der Waals surface area contributed by atoms with Crippen LogP contribution in [0.3, 0.4) is 0 Å². The van der Waals surface area contributed by atoms with Gasteiger partial charge >= 0.3 is 5.97 Å². The molecule has 0 fully saturated rings. The van der Waals surface area contributed by atoms with E-state index in [-0.39, 0.29) is 24.3 Å². The van der Waals surface area contributed by atoms with Gasteiger partial charge in [-0.15, -0.1) is 0 Å². The van der Waals surface area contributed by atoms with Crippen LogP contribution in [-0.2, 0) is 14.3 Å². The average molecular weight is 230 g/mol. The van der Waals surface area contributed by atoms with Gasteiger partial charge in [0, 0.05) is 12.5 Å². The molecule has 0 spiro atoms. The maximum atomic E-state index is 11.5. The molecule has 0 heterocycles. The number of nitrogens with two attached hydrogens (primary N) is 1. The van der Waals surface area contributed by atoms with Crippen LogP contribution in [0.5, 0.6) is 0 Å². The van der Waals surface area contributed by atoms with E-state index in [2.05, 4.69) is 10.1 Å². The molecule has 0 aliphatic carbocycles. The number of nitrogens with one attached hydrogen (secondary N) is 1. The predicted molar refractivity (Wildman–Crippen MR) is 61.7 cm³/mol. The van der Waals surface area contributed by atoms with Crippen LogP contribution in [0.4, 0.5) is 0 Å². The molecule has 0 saturated heterocycles. The number of hydrogen-bond donors (Lipinski definition) is 2. The molecule has 3 N–H and O–H groups in total. The molecule has 0 aromatic carbocycles. The van der Waals surface area contributed by atoms with Crippen LogP contribution in [-0.4, -0.2) is 31.1 Å². The minimum absolute atomic E-state index is 0.0458. The summed E-state index contributed by atoms with van der Waals surface area (Å²) >= 11 is 0. The minimum Gasteiger partial charge on any atom is -0.467 e. The van der Waals surface area contributed by atoms with Crippen LogP contribution in [0, 0.1) is 5.92 Å². The van der Waals surface area contributed by atoms with E-state index in [1.807, 2.05) is 13.8 Å². The molecule has 94 valence electrons. The lowest BCUT2D eigenvalue weighted by atomic mass is 9.99. The van der Waals surface area contributed by atoms with Gasteiger partial charge in [0.15, 0.2) is 0 Å². The molecule has 16 heavy (non-hydrogen) atoms. The highest BCUT2D eigenvalue weighted by Gasteiger charge is 2.26. The predicted octanol–water partition coefficient (Wildman–Crippen LogP) is 0.428. The lowest BCUT2D eigenvalue weighted by molar-refractivity contribution is -0.146. The summed E-state index contributed by atoms with van der Waals surface area (Å²) in [5.41, 5.74) is 5.51. The van der Waals surface area contributed by atoms with Crippen molar-refractivity contribution < 1.29 is 14.3 Å². The maximum Gasteiger partial charge on any atom is 0.328 e. The Hall–Kier alpha value is -1.10. The number of ether oxygens (including phenoxy) is 1. The van der Waals surface area contributed by atoms with Crippen molar-refractivity contribution in [2.24, 2.45) is 11.7 Å². The van der Waals surface area contributed by atoms with E-state index >= 15 is 0 Å². The molecule has 5 nitrogen and oxygen atoms in total. The van der Waals surface area contributed by atoms with Crippen LogP contribution in [0.15, 0.2) is 0 Å². The van der Waals surface area contributed by atoms with Gasteiger partial charge in [0.1, 0.15) is 6.04 Å². The first-order valence-corrected chi connectivity index (χ1v) is 5.55. The number of amides is 1. The third-order valence-electron chi connectivity index (χ3n) is 2.49. The first-order chi connectivity index (χ1) is 7.42. The first kappa shape index (κ1) is 14.9. The SMILES string of the molecule is CCC(C)C(NC(=O)CC(C)N)C(=O)OC. The summed E-state index contributed by atoms with van der Waals surface area (Å²) < 4.78 is 4.66. The summed E-state index contributed by atoms with van der Waals surface area (Å²) in [6.45, 7) is 5.60. The Labute approximate surface area is 96.7 Å². The minimum atomic E-state index is -0.582. The fraction of sp³-hybridized carbons (Fsp3) is 0.818. The van der Waals surface area contributed by atoms with Gasteiger partial charge in [-0.2, -0.15) is 0 Å². The van der Waals surface area contributed by atoms with Crippen molar-refractivity contribution in [2.45, 2.75) is 45.7 Å². The molecule has 5 heteroatoms. The average Bonchev–Trinajstić information content (AvgIpc) is 2.22. The van der Waals surface area contributed by atoms with Gasteiger partial charge in [-0.25, -0.2) is 4.79 Å². The first-order valence-electron chi connectivity index (χ1n) is 5.55. The van der Waals surface area contributed by atoms with Gasteiger partial charge in [-0.05, 0) is 12.8 Å². The Balaban J connectivity index is 4.43. The van der Waals surface area contributed by atoms with E-state index in [0.29, 0.717) is 0 Å². The summed E-state index contributed by atoms with van der Waals surface area (Å²) in [4.78, 5) is 23.0. The number of carbonyl (C=O) groups is 2. The van der Waals surface area contributed by atoms with E-state index < -0.39 is 12.0 Å². The largest absolute Gasteiger partial charge is 0.467 e. The molecule has 0 aliphatic heterocycles. The van der Waals surface area contributed by atoms with Gasteiger partial charge in [0.25, 0.3) is 0 Å². The van der Waals surface area contributed by atoms with Crippen molar-refractivity contribution in [3.8, 4) is 0 Å². The highest BCUT2D eigenvalue weighted by Crippen LogP contribution is 2.09. The highest BCUT2D eigenvalue weighted by molar-refractivity contribution is 5.84. The van der Waals surface area contributed by atoms with Crippen LogP contribution < -0.4 is 11.1 Å². The van der Waals surface area contributed by atoms with Crippen molar-refractivity contribution in [3.05, 3.63) is 0 Å². The molecular weight excluding hydrogens is 208 g/mol. The zero-order valence-corrected chi connectivity index (χ0v) is 10.4. The van der Waals surface area contributed by atoms with Crippen molar-refractivity contribution in [1.29, 1.82) is 0 Å². The van der Waals surface area contributed by atoms with Crippen LogP contribution >= 0.6 is 0 Å². The van der Waals surface area contributed by atoms with E-state index in [1.165, 1.54) is 7.11 Å². The molecule has 0 rings (SSSR count). The Morgan fingerprint density at radius 3 is 2.31 bits per heavy atom. The molecule has 0 radical (unpaired) electrons. The van der Waals surface area contributed by atoms with Gasteiger partial charge < -0.3 is 15.8 Å². The zero-order chi connectivity index (χ0) is 12.7. The van der Waals surface area contributed by atoms with Crippen molar-refractivity contribution in [1.82, 2.24) is 5.32 Å². The Kier molecular flexibility index (Phi) is 6.72. The van der Waals surface area contributed by atoms with Gasteiger partial charge in [0.2, 0.25) is 5.91 Å². The maximum absolute atomic E-state index is 11.5. The van der Waals surface area contributed by atoms with E-state index in [9.17, 15) is 9.59 Å². The normalized spacial score (nSPS) is 16.1. The number of esters is 1. The molecule has 1 amide bonds. The van der Waals surface area contributed by atoms with Crippen LogP contribution in [0.25, 0.3) is 0 Å². The fourth-order valence-electron chi connectivity index (χ4n) is 1.32. The van der Waals surface area contributed by atoms with Crippen LogP contribution in [0.1, 0.15) is 33.6 Å². The molecule has 0 saturated carbocycles. The summed E-state index contributed by atoms with van der Waals surface area (Å²) in [5.74, 6) is -0.581. The lowest BCUT2D eigenvalue weighted by Crippen LogP contribution is -2.46. The van der Waals surface area contributed by atoms with E-state index in [4.69, 9.17) is 5.73 Å². The number of methoxy groups -OCH3 is 1. The molecule has 0 aromatic heterocycles. The third kappa shape index (κ3) is 5.11. The monoisotopic (exact) mass is 230 g/mol. The van der Waals surface area contributed by atoms with E-state index in [0.717, 1.165) is 6.42 Å². The summed E-state index contributed by atoms with van der Waals surface area (Å²) in [6, 6.07) is -0.795. The number of rotatable bonds is 6. The zero-order valence-electron chi connectivity index (χ0n) is 10.4. The Bertz CT molecular complexity index is 241. The van der Waals surface area contributed by atoms with Crippen molar-refractivity contribution in [2.75, 3.05) is 7.11 Å². The second kappa shape index (κ2) is 7.22. The second-order valence-corrected chi connectivity index (χ2v) is 4.14. The number of carbonyl (C=O) groups excluding carboxylic acids is 2.